The Bertz CT molecular complexity index is 6570. The van der Waals surface area contributed by atoms with Gasteiger partial charge in [-0.05, 0) is 329 Å². The van der Waals surface area contributed by atoms with Crippen LogP contribution in [0, 0.1) is 121 Å². The maximum Gasteiger partial charge on any atom is 0.437 e. The van der Waals surface area contributed by atoms with Crippen LogP contribution < -0.4 is 19.3 Å². The maximum atomic E-state index is 16.1. The summed E-state index contributed by atoms with van der Waals surface area (Å²) in [6, 6.07) is 60.7. The molecule has 8 bridgehead atoms. The van der Waals surface area contributed by atoms with Gasteiger partial charge in [0, 0.05) is 76.4 Å². The molecule has 0 amide bonds. The van der Waals surface area contributed by atoms with Crippen LogP contribution in [-0.4, -0.2) is 48.1 Å². The first-order valence-corrected chi connectivity index (χ1v) is 49.9. The normalized spacial score (nSPS) is 27.5. The summed E-state index contributed by atoms with van der Waals surface area (Å²) >= 11 is 4.03. The Hall–Kier alpha value is -12.6. The molecule has 0 aromatic heterocycles. The predicted molar refractivity (Wildman–Crippen MR) is 536 cm³/mol. The highest BCUT2D eigenvalue weighted by Crippen LogP contribution is 2.68. The molecule has 7 aromatic rings. The molecule has 4 aliphatic heterocycles. The van der Waals surface area contributed by atoms with Crippen LogP contribution in [0.3, 0.4) is 0 Å². The number of nitriles is 6. The topological polar surface area (TPSA) is 186 Å². The number of aryl methyl sites for hydroxylation is 2. The number of fused-ring (bicyclic) bond motifs is 2. The quantitative estimate of drug-likeness (QED) is 0.0550. The van der Waals surface area contributed by atoms with E-state index in [1.54, 1.807) is 68.8 Å². The number of ether oxygens (including phenoxy) is 4. The van der Waals surface area contributed by atoms with E-state index in [9.17, 15) is 31.6 Å². The lowest BCUT2D eigenvalue weighted by molar-refractivity contribution is -0.249. The van der Waals surface area contributed by atoms with Crippen molar-refractivity contribution in [2.24, 2.45) is 46.3 Å². The molecule has 12 nitrogen and oxygen atoms in total. The Kier molecular flexibility index (Phi) is 26.1. The minimum atomic E-state index is -5.12. The Balaban J connectivity index is 0.000000185. The standard InChI is InChI=1S/C64H63F3N4O2S.C54H51F3N4O2S/c1-40-26-57-54(41(2)31-61(5,6)71(57)52-22-24-53(72-7)25-23-52)30-47(40)16-17-49-36-60(3,4)35-48(59(49)74-62-32-42-27-43(33-62)29-44(28-42)34-62)14-11-15-56-55(39-70)58(50(37-68)38-69)73-63(56,64(65,66)67)51-20-18-46(19-21-51)45-12-9-8-10-13-45;1-51(2)30-40(9-7-13-47-46(34-60)49(42(32-58)33-59)63-53(47,54(55,56)57)43-11-5-4-6-12-43)50(64-52-27-36-23-37(28-52)25-38(24-36)29-52)41(31-51)16-14-35-15-21-48-39(26-35)10-8-22-61(48)44-17-19-45(62-3)20-18-44/h8-26,30,41-44H,27-29,31-36H2,1-7H3;4-7,9,11-21,26,36-38H,8,10,22-25,27-31H2,1-3H3/b15-11+,17-16+,48-14+;13-7+,16-14+,40-9+. The van der Waals surface area contributed by atoms with Gasteiger partial charge in [-0.3, -0.25) is 0 Å². The highest BCUT2D eigenvalue weighted by atomic mass is 32.2. The zero-order valence-electron chi connectivity index (χ0n) is 79.8. The van der Waals surface area contributed by atoms with E-state index in [0.717, 1.165) is 107 Å². The van der Waals surface area contributed by atoms with E-state index in [4.69, 9.17) is 18.9 Å². The Labute approximate surface area is 816 Å². The number of thioether (sulfide) groups is 2. The van der Waals surface area contributed by atoms with Crippen molar-refractivity contribution in [2.45, 2.75) is 222 Å². The summed E-state index contributed by atoms with van der Waals surface area (Å²) in [4.78, 5) is 7.23. The van der Waals surface area contributed by atoms with E-state index >= 15 is 26.3 Å². The van der Waals surface area contributed by atoms with Gasteiger partial charge in [-0.25, -0.2) is 0 Å². The molecule has 4 heterocycles. The average Bonchev–Trinajstić information content (AvgIpc) is 1.57. The Morgan fingerprint density at radius 2 is 0.906 bits per heavy atom. The molecule has 3 atom stereocenters. The van der Waals surface area contributed by atoms with Crippen molar-refractivity contribution >= 4 is 58.4 Å². The van der Waals surface area contributed by atoms with E-state index in [1.807, 2.05) is 102 Å². The molecule has 8 fully saturated rings. The van der Waals surface area contributed by atoms with Crippen LogP contribution in [0.5, 0.6) is 11.5 Å². The number of hydrogen-bond donors (Lipinski definition) is 0. The van der Waals surface area contributed by atoms with Crippen LogP contribution in [0.25, 0.3) is 23.3 Å². The average molecular weight is 1890 g/mol. The summed E-state index contributed by atoms with van der Waals surface area (Å²) in [7, 11) is 3.36. The molecule has 21 rings (SSSR count). The smallest absolute Gasteiger partial charge is 0.437 e. The molecule has 3 unspecified atom stereocenters. The zero-order valence-corrected chi connectivity index (χ0v) is 81.5. The van der Waals surface area contributed by atoms with E-state index in [-0.39, 0.29) is 37.0 Å². The first-order valence-electron chi connectivity index (χ1n) is 48.3. The van der Waals surface area contributed by atoms with Gasteiger partial charge in [0.15, 0.2) is 22.7 Å². The fourth-order valence-electron chi connectivity index (χ4n) is 25.8. The third-order valence-corrected chi connectivity index (χ3v) is 34.1. The zero-order chi connectivity index (χ0) is 97.2. The second kappa shape index (κ2) is 37.6. The molecule has 8 saturated carbocycles. The van der Waals surface area contributed by atoms with Crippen LogP contribution >= 0.6 is 23.5 Å². The number of rotatable bonds is 19. The number of benzene rings is 7. The number of anilines is 4. The highest BCUT2D eigenvalue weighted by Gasteiger charge is 2.67. The van der Waals surface area contributed by atoms with Crippen molar-refractivity contribution in [1.82, 2.24) is 0 Å². The molecular weight excluding hydrogens is 1770 g/mol. The third-order valence-electron chi connectivity index (χ3n) is 30.8. The predicted octanol–water partition coefficient (Wildman–Crippen LogP) is 30.6. The molecule has 0 saturated heterocycles. The van der Waals surface area contributed by atoms with E-state index in [0.29, 0.717) is 42.1 Å². The number of nitrogens with zero attached hydrogens (tertiary/aromatic N) is 8. The van der Waals surface area contributed by atoms with Gasteiger partial charge in [-0.2, -0.15) is 57.9 Å². The molecule has 0 N–H and O–H groups in total. The highest BCUT2D eigenvalue weighted by molar-refractivity contribution is 8.05. The van der Waals surface area contributed by atoms with Gasteiger partial charge < -0.3 is 28.7 Å². The largest absolute Gasteiger partial charge is 0.497 e. The van der Waals surface area contributed by atoms with Gasteiger partial charge in [0.25, 0.3) is 11.2 Å². The second-order valence-electron chi connectivity index (χ2n) is 42.5. The number of methoxy groups -OCH3 is 2. The van der Waals surface area contributed by atoms with Crippen molar-refractivity contribution in [3.05, 3.63) is 328 Å². The molecule has 14 aliphatic rings. The van der Waals surface area contributed by atoms with Gasteiger partial charge >= 0.3 is 12.4 Å². The number of halogens is 6. The molecule has 704 valence electrons. The fraction of sp³-hybridized carbons (Fsp3) is 0.390. The summed E-state index contributed by atoms with van der Waals surface area (Å²) in [5, 5.41) is 60.5. The monoisotopic (exact) mass is 1880 g/mol. The van der Waals surface area contributed by atoms with Crippen LogP contribution in [0.15, 0.2) is 289 Å². The number of allylic oxidation sites excluding steroid dienone is 14. The van der Waals surface area contributed by atoms with Crippen LogP contribution in [0.2, 0.25) is 0 Å². The van der Waals surface area contributed by atoms with Crippen LogP contribution in [0.4, 0.5) is 49.1 Å². The minimum absolute atomic E-state index is 0.0835. The lowest BCUT2D eigenvalue weighted by Gasteiger charge is -2.57. The fourth-order valence-corrected chi connectivity index (χ4v) is 29.7. The van der Waals surface area contributed by atoms with Crippen molar-refractivity contribution in [3.8, 4) is 59.0 Å². The SMILES string of the molecule is COc1ccc(N2CCCc3cc(/C=C/C4=C(SC56CC7CC(CC(C7)C5)C6)C(=C/C=C/C5=C(C#N)C(=C(C#N)C#N)OC5(c5ccccc5)C(F)(F)F)/CC(C)(C)C4)ccc32)cc1.COc1ccc(N2c3cc(C)c(/C=C/C4=C(SC56CC7CC(CC(C7)C5)C6)C(=C/C=C/C5=C(C#N)C(=C(C#N)C#N)OC5(c5ccc(-c6ccccc6)cc5)C(F)(F)F)/CC(C)(C)C4)cc3C(C)CC2(C)C)cc1. The maximum absolute atomic E-state index is 16.1. The van der Waals surface area contributed by atoms with E-state index in [1.165, 1.54) is 175 Å². The first kappa shape index (κ1) is 95.7. The van der Waals surface area contributed by atoms with E-state index in [2.05, 4.69) is 144 Å². The summed E-state index contributed by atoms with van der Waals surface area (Å²) in [6.07, 6.45) is 29.6. The van der Waals surface area contributed by atoms with Crippen molar-refractivity contribution < 1.29 is 45.3 Å². The summed E-state index contributed by atoms with van der Waals surface area (Å²) in [6.45, 7) is 19.1. The number of hydrogen-bond acceptors (Lipinski definition) is 14. The lowest BCUT2D eigenvalue weighted by atomic mass is 9.56. The molecule has 10 aliphatic carbocycles. The van der Waals surface area contributed by atoms with Crippen molar-refractivity contribution in [1.29, 1.82) is 31.6 Å². The first-order chi connectivity index (χ1) is 66.1. The van der Waals surface area contributed by atoms with Crippen LogP contribution in [0.1, 0.15) is 209 Å². The van der Waals surface area contributed by atoms with Crippen molar-refractivity contribution in [3.63, 3.8) is 0 Å². The molecular formula is C118H114F6N8O4S2. The Morgan fingerprint density at radius 3 is 1.35 bits per heavy atom. The second-order valence-corrected chi connectivity index (χ2v) is 45.5. The van der Waals surface area contributed by atoms with Crippen LogP contribution in [-0.2, 0) is 27.1 Å². The van der Waals surface area contributed by atoms with Gasteiger partial charge in [-0.1, -0.05) is 186 Å². The minimum Gasteiger partial charge on any atom is -0.497 e. The van der Waals surface area contributed by atoms with Gasteiger partial charge in [0.05, 0.1) is 14.2 Å². The summed E-state index contributed by atoms with van der Waals surface area (Å²) in [5.41, 5.74) is 6.13. The summed E-state index contributed by atoms with van der Waals surface area (Å²) in [5.74, 6) is 4.98. The lowest BCUT2D eigenvalue weighted by Crippen LogP contribution is -2.48. The van der Waals surface area contributed by atoms with Gasteiger partial charge in [0.1, 0.15) is 59.1 Å². The molecule has 7 aromatic carbocycles. The molecule has 20 heteroatoms. The Morgan fingerprint density at radius 1 is 0.471 bits per heavy atom. The van der Waals surface area contributed by atoms with Gasteiger partial charge in [0.2, 0.25) is 0 Å². The van der Waals surface area contributed by atoms with E-state index < -0.39 is 68.5 Å². The number of alkyl halides is 6. The molecule has 0 radical (unpaired) electrons. The third kappa shape index (κ3) is 18.4. The summed E-state index contributed by atoms with van der Waals surface area (Å²) < 4.78 is 118. The molecule has 138 heavy (non-hydrogen) atoms. The van der Waals surface area contributed by atoms with Crippen molar-refractivity contribution in [2.75, 3.05) is 30.6 Å². The van der Waals surface area contributed by atoms with Gasteiger partial charge in [-0.15, -0.1) is 23.5 Å². The molecule has 0 spiro atoms.